The Balaban J connectivity index is 1.91. The van der Waals surface area contributed by atoms with Gasteiger partial charge < -0.3 is 5.32 Å². The van der Waals surface area contributed by atoms with E-state index in [1.54, 1.807) is 0 Å². The first-order valence-corrected chi connectivity index (χ1v) is 8.55. The number of aromatic nitrogens is 4. The SMILES string of the molecule is C[C@H](NC(=O)c1cc(C(F)F)cc(C(F)(F)F)c1)c1nccnc1-c1cnccn1. The predicted molar refractivity (Wildman–Crippen MR) is 95.3 cm³/mol. The molecular weight excluding hydrogens is 409 g/mol. The Bertz CT molecular complexity index is 1040. The number of carbonyl (C=O) groups is 1. The zero-order valence-electron chi connectivity index (χ0n) is 15.4. The minimum atomic E-state index is -4.88. The maximum atomic E-state index is 13.0. The molecule has 11 heteroatoms. The number of rotatable bonds is 5. The topological polar surface area (TPSA) is 80.7 Å². The molecule has 156 valence electrons. The van der Waals surface area contributed by atoms with Gasteiger partial charge in [0.05, 0.1) is 23.5 Å². The van der Waals surface area contributed by atoms with Crippen molar-refractivity contribution >= 4 is 5.91 Å². The van der Waals surface area contributed by atoms with Crippen molar-refractivity contribution < 1.29 is 26.7 Å². The normalized spacial score (nSPS) is 12.6. The molecule has 3 aromatic rings. The molecule has 0 aliphatic rings. The number of benzene rings is 1. The molecule has 0 radical (unpaired) electrons. The van der Waals surface area contributed by atoms with E-state index in [9.17, 15) is 26.7 Å². The van der Waals surface area contributed by atoms with E-state index < -0.39 is 41.2 Å². The zero-order chi connectivity index (χ0) is 21.9. The molecule has 2 aromatic heterocycles. The summed E-state index contributed by atoms with van der Waals surface area (Å²) in [5.74, 6) is -0.966. The zero-order valence-corrected chi connectivity index (χ0v) is 15.4. The van der Waals surface area contributed by atoms with Gasteiger partial charge in [-0.1, -0.05) is 0 Å². The third kappa shape index (κ3) is 4.73. The molecule has 0 spiro atoms. The van der Waals surface area contributed by atoms with Gasteiger partial charge in [-0.05, 0) is 25.1 Å². The van der Waals surface area contributed by atoms with Crippen LogP contribution in [-0.4, -0.2) is 25.8 Å². The largest absolute Gasteiger partial charge is 0.416 e. The third-order valence-electron chi connectivity index (χ3n) is 4.09. The summed E-state index contributed by atoms with van der Waals surface area (Å²) in [5, 5.41) is 2.47. The highest BCUT2D eigenvalue weighted by atomic mass is 19.4. The molecule has 3 rings (SSSR count). The van der Waals surface area contributed by atoms with E-state index >= 15 is 0 Å². The van der Waals surface area contributed by atoms with Crippen molar-refractivity contribution in [2.75, 3.05) is 0 Å². The molecule has 1 amide bonds. The molecule has 0 aliphatic heterocycles. The Morgan fingerprint density at radius 1 is 1.00 bits per heavy atom. The first-order valence-electron chi connectivity index (χ1n) is 8.55. The lowest BCUT2D eigenvalue weighted by Gasteiger charge is -2.17. The number of amides is 1. The van der Waals surface area contributed by atoms with Crippen LogP contribution in [-0.2, 0) is 6.18 Å². The lowest BCUT2D eigenvalue weighted by atomic mass is 10.0. The van der Waals surface area contributed by atoms with E-state index in [0.29, 0.717) is 23.5 Å². The van der Waals surface area contributed by atoms with Gasteiger partial charge in [-0.25, -0.2) is 8.78 Å². The lowest BCUT2D eigenvalue weighted by molar-refractivity contribution is -0.137. The molecule has 0 aliphatic carbocycles. The summed E-state index contributed by atoms with van der Waals surface area (Å²) in [6, 6.07) is 0.753. The van der Waals surface area contributed by atoms with Crippen LogP contribution >= 0.6 is 0 Å². The van der Waals surface area contributed by atoms with Gasteiger partial charge in [-0.3, -0.25) is 24.7 Å². The first kappa shape index (κ1) is 21.2. The molecule has 30 heavy (non-hydrogen) atoms. The number of nitrogens with zero attached hydrogens (tertiary/aromatic N) is 4. The van der Waals surface area contributed by atoms with E-state index in [1.807, 2.05) is 0 Å². The summed E-state index contributed by atoms with van der Waals surface area (Å²) < 4.78 is 65.1. The molecular formula is C19H14F5N5O. The van der Waals surface area contributed by atoms with Gasteiger partial charge in [0.25, 0.3) is 12.3 Å². The molecule has 0 fully saturated rings. The van der Waals surface area contributed by atoms with Crippen molar-refractivity contribution in [1.29, 1.82) is 0 Å². The summed E-state index contributed by atoms with van der Waals surface area (Å²) >= 11 is 0. The van der Waals surface area contributed by atoms with Crippen molar-refractivity contribution in [1.82, 2.24) is 25.3 Å². The highest BCUT2D eigenvalue weighted by molar-refractivity contribution is 5.95. The Hall–Kier alpha value is -3.50. The van der Waals surface area contributed by atoms with Crippen molar-refractivity contribution in [2.45, 2.75) is 25.6 Å². The molecule has 0 bridgehead atoms. The van der Waals surface area contributed by atoms with Crippen LogP contribution in [0.1, 0.15) is 46.6 Å². The number of halogens is 5. The fourth-order valence-corrected chi connectivity index (χ4v) is 2.71. The Morgan fingerprint density at radius 2 is 1.70 bits per heavy atom. The van der Waals surface area contributed by atoms with Crippen LogP contribution in [0.4, 0.5) is 22.0 Å². The highest BCUT2D eigenvalue weighted by Gasteiger charge is 2.33. The molecule has 0 unspecified atom stereocenters. The molecule has 0 saturated carbocycles. The van der Waals surface area contributed by atoms with E-state index in [4.69, 9.17) is 0 Å². The second-order valence-corrected chi connectivity index (χ2v) is 6.22. The van der Waals surface area contributed by atoms with Crippen LogP contribution in [0.2, 0.25) is 0 Å². The van der Waals surface area contributed by atoms with Crippen molar-refractivity contribution in [2.24, 2.45) is 0 Å². The molecule has 0 saturated heterocycles. The van der Waals surface area contributed by atoms with Gasteiger partial charge in [-0.15, -0.1) is 0 Å². The quantitative estimate of drug-likeness (QED) is 0.616. The Morgan fingerprint density at radius 3 is 2.33 bits per heavy atom. The summed E-state index contributed by atoms with van der Waals surface area (Å²) in [5.41, 5.74) is -1.80. The number of alkyl halides is 5. The second kappa shape index (κ2) is 8.47. The number of carbonyl (C=O) groups excluding carboxylic acids is 1. The van der Waals surface area contributed by atoms with Gasteiger partial charge in [0.2, 0.25) is 0 Å². The molecule has 6 nitrogen and oxygen atoms in total. The van der Waals surface area contributed by atoms with Crippen LogP contribution in [0.5, 0.6) is 0 Å². The van der Waals surface area contributed by atoms with Crippen LogP contribution in [0, 0.1) is 0 Å². The van der Waals surface area contributed by atoms with Gasteiger partial charge in [0.1, 0.15) is 11.4 Å². The van der Waals surface area contributed by atoms with E-state index in [0.717, 1.165) is 6.07 Å². The maximum absolute atomic E-state index is 13.0. The Labute approximate surface area is 167 Å². The molecule has 1 aromatic carbocycles. The predicted octanol–water partition coefficient (Wildman–Crippen LogP) is 4.38. The molecule has 1 atom stereocenters. The molecule has 2 heterocycles. The van der Waals surface area contributed by atoms with Crippen molar-refractivity contribution in [3.8, 4) is 11.4 Å². The number of hydrogen-bond donors (Lipinski definition) is 1. The lowest BCUT2D eigenvalue weighted by Crippen LogP contribution is -2.28. The first-order chi connectivity index (χ1) is 14.2. The fraction of sp³-hybridized carbons (Fsp3) is 0.211. The summed E-state index contributed by atoms with van der Waals surface area (Å²) in [7, 11) is 0. The Kier molecular flexibility index (Phi) is 5.99. The van der Waals surface area contributed by atoms with Gasteiger partial charge in [0, 0.05) is 35.9 Å². The highest BCUT2D eigenvalue weighted by Crippen LogP contribution is 2.33. The van der Waals surface area contributed by atoms with Gasteiger partial charge >= 0.3 is 6.18 Å². The number of hydrogen-bond acceptors (Lipinski definition) is 5. The minimum absolute atomic E-state index is 0.285. The average Bonchev–Trinajstić information content (AvgIpc) is 2.73. The fourth-order valence-electron chi connectivity index (χ4n) is 2.71. The number of nitrogens with one attached hydrogen (secondary N) is 1. The van der Waals surface area contributed by atoms with Gasteiger partial charge in [0.15, 0.2) is 0 Å². The van der Waals surface area contributed by atoms with E-state index in [1.165, 1.54) is 37.9 Å². The van der Waals surface area contributed by atoms with E-state index in [2.05, 4.69) is 25.3 Å². The van der Waals surface area contributed by atoms with Gasteiger partial charge in [-0.2, -0.15) is 13.2 Å². The third-order valence-corrected chi connectivity index (χ3v) is 4.09. The van der Waals surface area contributed by atoms with E-state index in [-0.39, 0.29) is 5.69 Å². The average molecular weight is 423 g/mol. The van der Waals surface area contributed by atoms with Crippen molar-refractivity contribution in [3.63, 3.8) is 0 Å². The van der Waals surface area contributed by atoms with Crippen LogP contribution < -0.4 is 5.32 Å². The maximum Gasteiger partial charge on any atom is 0.416 e. The van der Waals surface area contributed by atoms with Crippen LogP contribution in [0.15, 0.2) is 49.2 Å². The smallest absolute Gasteiger partial charge is 0.344 e. The summed E-state index contributed by atoms with van der Waals surface area (Å²) in [6.45, 7) is 1.53. The van der Waals surface area contributed by atoms with Crippen LogP contribution in [0.3, 0.4) is 0 Å². The summed E-state index contributed by atoms with van der Waals surface area (Å²) in [6.07, 6.45) is -0.940. The standard InChI is InChI=1S/C19H14F5N5O/c1-10(15-16(28-5-4-27-15)14-9-25-2-3-26-14)29-18(30)12-6-11(17(20)21)7-13(8-12)19(22,23)24/h2-10,17H,1H3,(H,29,30)/t10-/m0/s1. The minimum Gasteiger partial charge on any atom is -0.344 e. The van der Waals surface area contributed by atoms with Crippen LogP contribution in [0.25, 0.3) is 11.4 Å². The monoisotopic (exact) mass is 423 g/mol. The van der Waals surface area contributed by atoms with Crippen molar-refractivity contribution in [3.05, 3.63) is 71.6 Å². The summed E-state index contributed by atoms with van der Waals surface area (Å²) in [4.78, 5) is 28.9. The molecule has 1 N–H and O–H groups in total. The second-order valence-electron chi connectivity index (χ2n) is 6.22.